The predicted molar refractivity (Wildman–Crippen MR) is 53.3 cm³/mol. The maximum atomic E-state index is 10.6. The SMILES string of the molecule is CC(Nc1cc(C(=O)[O-])ccc1N)C(=O)[O-]. The van der Waals surface area contributed by atoms with Crippen LogP contribution in [0, 0.1) is 0 Å². The summed E-state index contributed by atoms with van der Waals surface area (Å²) in [5, 5.41) is 23.6. The topological polar surface area (TPSA) is 118 Å². The number of benzene rings is 1. The largest absolute Gasteiger partial charge is 0.548 e. The van der Waals surface area contributed by atoms with E-state index in [0.29, 0.717) is 0 Å². The van der Waals surface area contributed by atoms with Gasteiger partial charge in [-0.2, -0.15) is 0 Å². The third kappa shape index (κ3) is 2.63. The monoisotopic (exact) mass is 222 g/mol. The number of aliphatic carboxylic acids is 1. The molecule has 0 aliphatic heterocycles. The van der Waals surface area contributed by atoms with Crippen LogP contribution in [-0.4, -0.2) is 18.0 Å². The molecule has 3 N–H and O–H groups in total. The molecule has 0 aromatic heterocycles. The van der Waals surface area contributed by atoms with E-state index < -0.39 is 18.0 Å². The van der Waals surface area contributed by atoms with Crippen LogP contribution in [0.15, 0.2) is 18.2 Å². The standard InChI is InChI=1S/C10H12N2O4/c1-5(9(13)14)12-8-4-6(10(15)16)2-3-7(8)11/h2-5,12H,11H2,1H3,(H,13,14)(H,15,16)/p-2. The number of nitrogens with two attached hydrogens (primary N) is 1. The van der Waals surface area contributed by atoms with E-state index in [1.165, 1.54) is 25.1 Å². The minimum atomic E-state index is -1.36. The van der Waals surface area contributed by atoms with Crippen molar-refractivity contribution in [3.05, 3.63) is 23.8 Å². The molecule has 1 unspecified atom stereocenters. The van der Waals surface area contributed by atoms with Gasteiger partial charge in [0, 0.05) is 0 Å². The molecule has 0 radical (unpaired) electrons. The van der Waals surface area contributed by atoms with Gasteiger partial charge >= 0.3 is 0 Å². The predicted octanol–water partition coefficient (Wildman–Crippen LogP) is -1.82. The maximum absolute atomic E-state index is 10.6. The third-order valence-corrected chi connectivity index (χ3v) is 2.01. The minimum absolute atomic E-state index is 0.0813. The molecule has 1 rings (SSSR count). The fourth-order valence-electron chi connectivity index (χ4n) is 1.10. The van der Waals surface area contributed by atoms with Crippen molar-refractivity contribution in [3.63, 3.8) is 0 Å². The van der Waals surface area contributed by atoms with E-state index in [1.54, 1.807) is 0 Å². The van der Waals surface area contributed by atoms with Crippen molar-refractivity contribution < 1.29 is 19.8 Å². The smallest absolute Gasteiger partial charge is 0.0716 e. The number of hydrogen-bond acceptors (Lipinski definition) is 6. The second kappa shape index (κ2) is 4.52. The number of nitrogens with one attached hydrogen (secondary N) is 1. The number of carbonyl (C=O) groups excluding carboxylic acids is 2. The van der Waals surface area contributed by atoms with Crippen LogP contribution in [0.25, 0.3) is 0 Å². The first-order valence-electron chi connectivity index (χ1n) is 4.50. The first-order chi connectivity index (χ1) is 7.41. The molecule has 1 aromatic rings. The lowest BCUT2D eigenvalue weighted by atomic mass is 10.1. The van der Waals surface area contributed by atoms with Gasteiger partial charge in [-0.3, -0.25) is 0 Å². The van der Waals surface area contributed by atoms with E-state index in [-0.39, 0.29) is 16.9 Å². The van der Waals surface area contributed by atoms with Crippen molar-refractivity contribution in [1.29, 1.82) is 0 Å². The van der Waals surface area contributed by atoms with Gasteiger partial charge in [-0.15, -0.1) is 0 Å². The zero-order valence-electron chi connectivity index (χ0n) is 8.52. The van der Waals surface area contributed by atoms with Gasteiger partial charge in [-0.1, -0.05) is 6.07 Å². The molecule has 0 bridgehead atoms. The van der Waals surface area contributed by atoms with Crippen LogP contribution in [0.3, 0.4) is 0 Å². The van der Waals surface area contributed by atoms with Crippen molar-refractivity contribution in [2.24, 2.45) is 0 Å². The lowest BCUT2D eigenvalue weighted by Crippen LogP contribution is -2.38. The first kappa shape index (κ1) is 11.8. The summed E-state index contributed by atoms with van der Waals surface area (Å²) in [7, 11) is 0. The summed E-state index contributed by atoms with van der Waals surface area (Å²) in [6.07, 6.45) is 0. The Kier molecular flexibility index (Phi) is 3.34. The summed E-state index contributed by atoms with van der Waals surface area (Å²) in [4.78, 5) is 21.1. The van der Waals surface area contributed by atoms with E-state index >= 15 is 0 Å². The van der Waals surface area contributed by atoms with Gasteiger partial charge in [0.1, 0.15) is 0 Å². The number of carboxylic acid groups (broad SMARTS) is 2. The van der Waals surface area contributed by atoms with Gasteiger partial charge in [0.2, 0.25) is 0 Å². The van der Waals surface area contributed by atoms with Crippen LogP contribution in [0.4, 0.5) is 11.4 Å². The van der Waals surface area contributed by atoms with Gasteiger partial charge in [0.15, 0.2) is 0 Å². The van der Waals surface area contributed by atoms with Crippen molar-refractivity contribution in [2.75, 3.05) is 11.1 Å². The summed E-state index contributed by atoms with van der Waals surface area (Å²) in [5.74, 6) is -2.66. The maximum Gasteiger partial charge on any atom is 0.0716 e. The van der Waals surface area contributed by atoms with Gasteiger partial charge in [0.05, 0.1) is 29.4 Å². The lowest BCUT2D eigenvalue weighted by Gasteiger charge is -2.18. The van der Waals surface area contributed by atoms with E-state index in [4.69, 9.17) is 5.73 Å². The fraction of sp³-hybridized carbons (Fsp3) is 0.200. The van der Waals surface area contributed by atoms with Gasteiger partial charge in [-0.05, 0) is 24.6 Å². The van der Waals surface area contributed by atoms with Crippen molar-refractivity contribution in [1.82, 2.24) is 0 Å². The molecule has 0 saturated heterocycles. The fourth-order valence-corrected chi connectivity index (χ4v) is 1.10. The summed E-state index contributed by atoms with van der Waals surface area (Å²) in [6, 6.07) is 2.87. The molecule has 16 heavy (non-hydrogen) atoms. The van der Waals surface area contributed by atoms with E-state index in [1.807, 2.05) is 0 Å². The molecule has 6 heteroatoms. The molecule has 0 fully saturated rings. The lowest BCUT2D eigenvalue weighted by molar-refractivity contribution is -0.306. The molecule has 0 heterocycles. The average molecular weight is 222 g/mol. The normalized spacial score (nSPS) is 11.8. The average Bonchev–Trinajstić information content (AvgIpc) is 2.20. The molecule has 1 aromatic carbocycles. The summed E-state index contributed by atoms with van der Waals surface area (Å²) < 4.78 is 0. The Hall–Kier alpha value is -2.24. The minimum Gasteiger partial charge on any atom is -0.548 e. The number of rotatable bonds is 4. The van der Waals surface area contributed by atoms with Gasteiger partial charge in [-0.25, -0.2) is 0 Å². The van der Waals surface area contributed by atoms with Crippen molar-refractivity contribution in [3.8, 4) is 0 Å². The molecule has 0 amide bonds. The molecule has 1 atom stereocenters. The van der Waals surface area contributed by atoms with E-state index in [9.17, 15) is 19.8 Å². The third-order valence-electron chi connectivity index (χ3n) is 2.01. The van der Waals surface area contributed by atoms with Crippen LogP contribution in [-0.2, 0) is 4.79 Å². The highest BCUT2D eigenvalue weighted by Gasteiger charge is 2.06. The molecule has 86 valence electrons. The highest BCUT2D eigenvalue weighted by Crippen LogP contribution is 2.20. The molecule has 6 nitrogen and oxygen atoms in total. The zero-order valence-corrected chi connectivity index (χ0v) is 8.52. The molecule has 0 aliphatic carbocycles. The Labute approximate surface area is 91.7 Å². The Morgan fingerprint density at radius 3 is 2.50 bits per heavy atom. The highest BCUT2D eigenvalue weighted by atomic mass is 16.4. The van der Waals surface area contributed by atoms with Crippen molar-refractivity contribution in [2.45, 2.75) is 13.0 Å². The van der Waals surface area contributed by atoms with E-state index in [0.717, 1.165) is 0 Å². The summed E-state index contributed by atoms with van der Waals surface area (Å²) in [6.45, 7) is 1.36. The molecule has 0 aliphatic rings. The Bertz CT molecular complexity index is 431. The number of hydrogen-bond donors (Lipinski definition) is 2. The van der Waals surface area contributed by atoms with Crippen LogP contribution >= 0.6 is 0 Å². The first-order valence-corrected chi connectivity index (χ1v) is 4.50. The Morgan fingerprint density at radius 2 is 2.00 bits per heavy atom. The van der Waals surface area contributed by atoms with Crippen LogP contribution in [0.5, 0.6) is 0 Å². The summed E-state index contributed by atoms with van der Waals surface area (Å²) >= 11 is 0. The van der Waals surface area contributed by atoms with Gasteiger partial charge < -0.3 is 30.9 Å². The van der Waals surface area contributed by atoms with Crippen LogP contribution in [0.1, 0.15) is 17.3 Å². The molecule has 0 saturated carbocycles. The number of nitrogen functional groups attached to an aromatic ring is 1. The van der Waals surface area contributed by atoms with Crippen molar-refractivity contribution >= 4 is 23.3 Å². The number of carbonyl (C=O) groups is 2. The second-order valence-corrected chi connectivity index (χ2v) is 3.27. The quantitative estimate of drug-likeness (QED) is 0.579. The van der Waals surface area contributed by atoms with Gasteiger partial charge in [0.25, 0.3) is 0 Å². The Balaban J connectivity index is 2.98. The molecule has 0 spiro atoms. The number of anilines is 2. The summed E-state index contributed by atoms with van der Waals surface area (Å²) in [5.41, 5.74) is 5.94. The molecular weight excluding hydrogens is 212 g/mol. The number of aromatic carboxylic acids is 1. The van der Waals surface area contributed by atoms with E-state index in [2.05, 4.69) is 5.32 Å². The second-order valence-electron chi connectivity index (χ2n) is 3.27. The highest BCUT2D eigenvalue weighted by molar-refractivity contribution is 5.89. The molecular formula is C10H10N2O4-2. The van der Waals surface area contributed by atoms with Crippen LogP contribution in [0.2, 0.25) is 0 Å². The zero-order chi connectivity index (χ0) is 12.3. The number of carboxylic acids is 2. The van der Waals surface area contributed by atoms with Crippen LogP contribution < -0.4 is 21.3 Å². The Morgan fingerprint density at radius 1 is 1.38 bits per heavy atom.